The van der Waals surface area contributed by atoms with Crippen LogP contribution in [0, 0.1) is 0 Å². The number of allylic oxidation sites excluding steroid dienone is 4. The van der Waals surface area contributed by atoms with Crippen LogP contribution in [0.25, 0.3) is 0 Å². The molecule has 0 amide bonds. The second-order valence-corrected chi connectivity index (χ2v) is 15.3. The summed E-state index contributed by atoms with van der Waals surface area (Å²) in [6.45, 7) is 7.80. The predicted octanol–water partition coefficient (Wildman–Crippen LogP) is 14.9. The van der Waals surface area contributed by atoms with E-state index in [-0.39, 0.29) is 18.5 Å². The fourth-order valence-corrected chi connectivity index (χ4v) is 6.54. The van der Waals surface area contributed by atoms with Crippen molar-refractivity contribution in [3.8, 4) is 0 Å². The van der Waals surface area contributed by atoms with Gasteiger partial charge in [-0.05, 0) is 51.4 Å². The fourth-order valence-electron chi connectivity index (χ4n) is 6.54. The van der Waals surface area contributed by atoms with Gasteiger partial charge in [-0.1, -0.05) is 199 Å². The number of hydrogen-bond acceptors (Lipinski definition) is 5. The topological polar surface area (TPSA) is 61.8 Å². The lowest BCUT2D eigenvalue weighted by Crippen LogP contribution is -2.30. The number of esters is 2. The van der Waals surface area contributed by atoms with Crippen LogP contribution in [0.4, 0.5) is 0 Å². The first-order valence-electron chi connectivity index (χ1n) is 22.9. The highest BCUT2D eigenvalue weighted by Crippen LogP contribution is 2.14. The second kappa shape index (κ2) is 43.8. The molecule has 306 valence electrons. The molecular weight excluding hydrogens is 645 g/mol. The maximum atomic E-state index is 12.7. The Hall–Kier alpha value is -1.62. The Kier molecular flexibility index (Phi) is 42.4. The van der Waals surface area contributed by atoms with E-state index in [0.717, 1.165) is 44.9 Å². The van der Waals surface area contributed by atoms with Gasteiger partial charge in [0, 0.05) is 19.4 Å². The summed E-state index contributed by atoms with van der Waals surface area (Å²) in [6.07, 6.45) is 48.8. The van der Waals surface area contributed by atoms with E-state index in [1.807, 2.05) is 0 Å². The van der Waals surface area contributed by atoms with E-state index in [0.29, 0.717) is 26.1 Å². The monoisotopic (exact) mass is 733 g/mol. The molecule has 0 aliphatic heterocycles. The van der Waals surface area contributed by atoms with E-state index in [1.165, 1.54) is 161 Å². The quantitative estimate of drug-likeness (QED) is 0.0355. The Bertz CT molecular complexity index is 791. The number of carbonyl (C=O) groups excluding carboxylic acids is 2. The smallest absolute Gasteiger partial charge is 0.306 e. The van der Waals surface area contributed by atoms with Gasteiger partial charge in [-0.25, -0.2) is 0 Å². The highest BCUT2D eigenvalue weighted by atomic mass is 16.6. The molecule has 0 radical (unpaired) electrons. The Morgan fingerprint density at radius 1 is 0.423 bits per heavy atom. The lowest BCUT2D eigenvalue weighted by atomic mass is 10.1. The summed E-state index contributed by atoms with van der Waals surface area (Å²) in [5.74, 6) is -0.397. The van der Waals surface area contributed by atoms with E-state index >= 15 is 0 Å². The predicted molar refractivity (Wildman–Crippen MR) is 224 cm³/mol. The summed E-state index contributed by atoms with van der Waals surface area (Å²) in [6, 6.07) is 0. The van der Waals surface area contributed by atoms with E-state index in [4.69, 9.17) is 14.2 Å². The van der Waals surface area contributed by atoms with Crippen LogP contribution >= 0.6 is 0 Å². The summed E-state index contributed by atoms with van der Waals surface area (Å²) >= 11 is 0. The molecule has 1 unspecified atom stereocenters. The van der Waals surface area contributed by atoms with Gasteiger partial charge in [0.25, 0.3) is 0 Å². The largest absolute Gasteiger partial charge is 0.462 e. The van der Waals surface area contributed by atoms with Crippen LogP contribution in [0.15, 0.2) is 24.3 Å². The van der Waals surface area contributed by atoms with Gasteiger partial charge in [0.05, 0.1) is 6.61 Å². The van der Waals surface area contributed by atoms with E-state index < -0.39 is 6.10 Å². The molecule has 0 saturated heterocycles. The third-order valence-corrected chi connectivity index (χ3v) is 9.99. The van der Waals surface area contributed by atoms with Crippen LogP contribution in [0.2, 0.25) is 0 Å². The summed E-state index contributed by atoms with van der Waals surface area (Å²) in [4.78, 5) is 25.2. The number of rotatable bonds is 42. The van der Waals surface area contributed by atoms with Crippen molar-refractivity contribution in [1.82, 2.24) is 0 Å². The van der Waals surface area contributed by atoms with Crippen LogP contribution in [0.3, 0.4) is 0 Å². The van der Waals surface area contributed by atoms with Crippen molar-refractivity contribution in [2.75, 3.05) is 19.8 Å². The van der Waals surface area contributed by atoms with Crippen molar-refractivity contribution in [2.24, 2.45) is 0 Å². The van der Waals surface area contributed by atoms with Gasteiger partial charge < -0.3 is 14.2 Å². The average molecular weight is 733 g/mol. The SMILES string of the molecule is CCCCC/C=C\C/C=C\CCCCCCCCCC(=O)OCC(COCCCCCCCCCC)OC(=O)CCCCCCCCCCCCC. The Morgan fingerprint density at radius 3 is 1.31 bits per heavy atom. The van der Waals surface area contributed by atoms with Crippen molar-refractivity contribution >= 4 is 11.9 Å². The Morgan fingerprint density at radius 2 is 0.808 bits per heavy atom. The zero-order valence-corrected chi connectivity index (χ0v) is 35.1. The molecule has 0 aliphatic rings. The van der Waals surface area contributed by atoms with Gasteiger partial charge in [-0.2, -0.15) is 0 Å². The molecule has 0 bridgehead atoms. The molecule has 1 atom stereocenters. The van der Waals surface area contributed by atoms with Crippen LogP contribution in [-0.2, 0) is 23.8 Å². The molecule has 0 N–H and O–H groups in total. The molecule has 0 aromatic heterocycles. The third kappa shape index (κ3) is 41.1. The lowest BCUT2D eigenvalue weighted by molar-refractivity contribution is -0.163. The van der Waals surface area contributed by atoms with Crippen molar-refractivity contribution in [3.05, 3.63) is 24.3 Å². The summed E-state index contributed by atoms with van der Waals surface area (Å²) in [5.41, 5.74) is 0. The normalized spacial score (nSPS) is 12.3. The molecule has 0 fully saturated rings. The molecule has 0 heterocycles. The van der Waals surface area contributed by atoms with Gasteiger partial charge in [0.15, 0.2) is 6.10 Å². The zero-order valence-electron chi connectivity index (χ0n) is 35.1. The van der Waals surface area contributed by atoms with Crippen LogP contribution in [0.5, 0.6) is 0 Å². The van der Waals surface area contributed by atoms with Gasteiger partial charge in [-0.15, -0.1) is 0 Å². The van der Waals surface area contributed by atoms with Gasteiger partial charge in [0.1, 0.15) is 6.61 Å². The standard InChI is InChI=1S/C47H88O5/c1-4-7-10-13-16-19-21-22-23-24-25-26-28-29-31-34-37-40-46(48)51-44-45(43-50-42-39-36-33-18-15-12-9-6-3)52-47(49)41-38-35-32-30-27-20-17-14-11-8-5-2/h16,19,22-23,45H,4-15,17-18,20-21,24-44H2,1-3H3/b19-16-,23-22-. The second-order valence-electron chi connectivity index (χ2n) is 15.3. The number of unbranched alkanes of at least 4 members (excludes halogenated alkanes) is 27. The van der Waals surface area contributed by atoms with Crippen LogP contribution in [-0.4, -0.2) is 37.9 Å². The minimum atomic E-state index is -0.528. The van der Waals surface area contributed by atoms with Crippen molar-refractivity contribution in [2.45, 2.75) is 245 Å². The number of ether oxygens (including phenoxy) is 3. The van der Waals surface area contributed by atoms with Crippen molar-refractivity contribution in [3.63, 3.8) is 0 Å². The first kappa shape index (κ1) is 50.4. The first-order chi connectivity index (χ1) is 25.6. The van der Waals surface area contributed by atoms with Gasteiger partial charge in [-0.3, -0.25) is 9.59 Å². The zero-order chi connectivity index (χ0) is 37.8. The van der Waals surface area contributed by atoms with Crippen molar-refractivity contribution in [1.29, 1.82) is 0 Å². The fraction of sp³-hybridized carbons (Fsp3) is 0.872. The lowest BCUT2D eigenvalue weighted by Gasteiger charge is -2.18. The molecule has 0 aromatic rings. The van der Waals surface area contributed by atoms with Crippen LogP contribution < -0.4 is 0 Å². The average Bonchev–Trinajstić information content (AvgIpc) is 3.14. The molecule has 52 heavy (non-hydrogen) atoms. The van der Waals surface area contributed by atoms with Crippen molar-refractivity contribution < 1.29 is 23.8 Å². The van der Waals surface area contributed by atoms with Gasteiger partial charge >= 0.3 is 11.9 Å². The summed E-state index contributed by atoms with van der Waals surface area (Å²) in [7, 11) is 0. The molecule has 0 spiro atoms. The highest BCUT2D eigenvalue weighted by Gasteiger charge is 2.17. The summed E-state index contributed by atoms with van der Waals surface area (Å²) in [5, 5.41) is 0. The molecule has 5 heteroatoms. The van der Waals surface area contributed by atoms with E-state index in [1.54, 1.807) is 0 Å². The molecule has 5 nitrogen and oxygen atoms in total. The third-order valence-electron chi connectivity index (χ3n) is 9.99. The molecular formula is C47H88O5. The summed E-state index contributed by atoms with van der Waals surface area (Å²) < 4.78 is 17.3. The maximum Gasteiger partial charge on any atom is 0.306 e. The first-order valence-corrected chi connectivity index (χ1v) is 22.9. The molecule has 0 saturated carbocycles. The Labute approximate surface area is 324 Å². The Balaban J connectivity index is 4.15. The van der Waals surface area contributed by atoms with E-state index in [9.17, 15) is 9.59 Å². The molecule has 0 rings (SSSR count). The minimum absolute atomic E-state index is 0.0873. The van der Waals surface area contributed by atoms with Gasteiger partial charge in [0.2, 0.25) is 0 Å². The number of hydrogen-bond donors (Lipinski definition) is 0. The van der Waals surface area contributed by atoms with Crippen LogP contribution in [0.1, 0.15) is 239 Å². The maximum absolute atomic E-state index is 12.7. The molecule has 0 aliphatic carbocycles. The number of carbonyl (C=O) groups is 2. The minimum Gasteiger partial charge on any atom is -0.462 e. The van der Waals surface area contributed by atoms with E-state index in [2.05, 4.69) is 45.1 Å². The highest BCUT2D eigenvalue weighted by molar-refractivity contribution is 5.70. The molecule has 0 aromatic carbocycles.